The van der Waals surface area contributed by atoms with Crippen LogP contribution < -0.4 is 11.1 Å². The van der Waals surface area contributed by atoms with Gasteiger partial charge < -0.3 is 11.1 Å². The van der Waals surface area contributed by atoms with Crippen molar-refractivity contribution >= 4 is 23.5 Å². The van der Waals surface area contributed by atoms with Crippen LogP contribution >= 0.6 is 11.8 Å². The average Bonchev–Trinajstić information content (AvgIpc) is 2.28. The van der Waals surface area contributed by atoms with E-state index in [0.717, 1.165) is 16.8 Å². The Morgan fingerprint density at radius 2 is 2.24 bits per heavy atom. The largest absolute Gasteiger partial charge is 0.368 e. The lowest BCUT2D eigenvalue weighted by Crippen LogP contribution is -2.29. The Hall–Kier alpha value is -0.970. The predicted octanol–water partition coefficient (Wildman–Crippen LogP) is 2.45. The quantitative estimate of drug-likeness (QED) is 0.865. The Bertz CT molecular complexity index is 363. The van der Waals surface area contributed by atoms with Gasteiger partial charge in [-0.15, -0.1) is 0 Å². The minimum atomic E-state index is 0.352. The van der Waals surface area contributed by atoms with E-state index >= 15 is 0 Å². The third kappa shape index (κ3) is 3.49. The highest BCUT2D eigenvalue weighted by Gasteiger charge is 2.21. The second kappa shape index (κ2) is 5.58. The number of aromatic nitrogens is 2. The van der Waals surface area contributed by atoms with Gasteiger partial charge in [-0.25, -0.2) is 4.98 Å². The number of aryl methyl sites for hydroxylation is 1. The summed E-state index contributed by atoms with van der Waals surface area (Å²) in [6, 6.07) is 2.48. The zero-order valence-electron chi connectivity index (χ0n) is 10.4. The van der Waals surface area contributed by atoms with Crippen LogP contribution in [-0.4, -0.2) is 27.5 Å². The van der Waals surface area contributed by atoms with Crippen LogP contribution in [0, 0.1) is 6.92 Å². The van der Waals surface area contributed by atoms with Gasteiger partial charge in [-0.3, -0.25) is 0 Å². The summed E-state index contributed by atoms with van der Waals surface area (Å²) in [4.78, 5) is 8.31. The van der Waals surface area contributed by atoms with Gasteiger partial charge in [-0.2, -0.15) is 16.7 Å². The fourth-order valence-corrected chi connectivity index (χ4v) is 3.19. The van der Waals surface area contributed by atoms with E-state index in [0.29, 0.717) is 12.0 Å². The third-order valence-corrected chi connectivity index (χ3v) is 4.28. The normalized spacial score (nSPS) is 24.6. The van der Waals surface area contributed by atoms with Crippen LogP contribution in [0.15, 0.2) is 6.07 Å². The highest BCUT2D eigenvalue weighted by Crippen LogP contribution is 2.28. The number of nitrogen functional groups attached to an aromatic ring is 1. The molecule has 1 aliphatic carbocycles. The molecule has 1 aromatic rings. The number of nitrogens with two attached hydrogens (primary N) is 1. The van der Waals surface area contributed by atoms with E-state index in [1.807, 2.05) is 24.8 Å². The SMILES string of the molecule is CSC1CCCC(Nc2cc(C)nc(N)n2)C1. The summed E-state index contributed by atoms with van der Waals surface area (Å²) in [6.45, 7) is 1.94. The molecule has 0 saturated heterocycles. The third-order valence-electron chi connectivity index (χ3n) is 3.18. The fourth-order valence-electron chi connectivity index (χ4n) is 2.36. The van der Waals surface area contributed by atoms with E-state index in [4.69, 9.17) is 5.73 Å². The second-order valence-corrected chi connectivity index (χ2v) is 5.76. The number of nitrogens with zero attached hydrogens (tertiary/aromatic N) is 2. The van der Waals surface area contributed by atoms with Crippen molar-refractivity contribution in [2.24, 2.45) is 0 Å². The molecular weight excluding hydrogens is 232 g/mol. The number of hydrogen-bond donors (Lipinski definition) is 2. The Morgan fingerprint density at radius 1 is 1.41 bits per heavy atom. The summed E-state index contributed by atoms with van der Waals surface area (Å²) in [7, 11) is 0. The van der Waals surface area contributed by atoms with Gasteiger partial charge in [0.15, 0.2) is 0 Å². The summed E-state index contributed by atoms with van der Waals surface area (Å²) >= 11 is 1.97. The second-order valence-electron chi connectivity index (χ2n) is 4.62. The van der Waals surface area contributed by atoms with E-state index in [-0.39, 0.29) is 0 Å². The van der Waals surface area contributed by atoms with Crippen LogP contribution in [0.2, 0.25) is 0 Å². The van der Waals surface area contributed by atoms with E-state index in [1.165, 1.54) is 25.7 Å². The van der Waals surface area contributed by atoms with Crippen LogP contribution in [0.1, 0.15) is 31.4 Å². The molecule has 0 aliphatic heterocycles. The van der Waals surface area contributed by atoms with Gasteiger partial charge in [0.1, 0.15) is 5.82 Å². The van der Waals surface area contributed by atoms with Crippen molar-refractivity contribution < 1.29 is 0 Å². The van der Waals surface area contributed by atoms with Crippen molar-refractivity contribution in [3.8, 4) is 0 Å². The summed E-state index contributed by atoms with van der Waals surface area (Å²) in [5.74, 6) is 1.21. The highest BCUT2D eigenvalue weighted by atomic mass is 32.2. The summed E-state index contributed by atoms with van der Waals surface area (Å²) in [5.41, 5.74) is 6.57. The van der Waals surface area contributed by atoms with Gasteiger partial charge in [-0.1, -0.05) is 6.42 Å². The Labute approximate surface area is 107 Å². The molecule has 5 heteroatoms. The Balaban J connectivity index is 2.00. The van der Waals surface area contributed by atoms with E-state index in [2.05, 4.69) is 21.5 Å². The molecule has 2 unspecified atom stereocenters. The minimum absolute atomic E-state index is 0.352. The molecule has 1 aliphatic rings. The molecule has 2 rings (SSSR count). The predicted molar refractivity (Wildman–Crippen MR) is 74.4 cm³/mol. The van der Waals surface area contributed by atoms with E-state index in [1.54, 1.807) is 0 Å². The zero-order chi connectivity index (χ0) is 12.3. The molecule has 0 aromatic carbocycles. The van der Waals surface area contributed by atoms with E-state index < -0.39 is 0 Å². The van der Waals surface area contributed by atoms with Crippen LogP contribution in [0.5, 0.6) is 0 Å². The summed E-state index contributed by atoms with van der Waals surface area (Å²) < 4.78 is 0. The highest BCUT2D eigenvalue weighted by molar-refractivity contribution is 7.99. The smallest absolute Gasteiger partial charge is 0.222 e. The molecule has 4 nitrogen and oxygen atoms in total. The first-order valence-electron chi connectivity index (χ1n) is 6.08. The number of anilines is 2. The maximum Gasteiger partial charge on any atom is 0.222 e. The number of thioether (sulfide) groups is 1. The van der Waals surface area contributed by atoms with E-state index in [9.17, 15) is 0 Å². The first-order chi connectivity index (χ1) is 8.17. The van der Waals surface area contributed by atoms with Crippen molar-refractivity contribution in [1.29, 1.82) is 0 Å². The van der Waals surface area contributed by atoms with Gasteiger partial charge in [0, 0.05) is 23.1 Å². The molecule has 1 aromatic heterocycles. The van der Waals surface area contributed by atoms with Crippen molar-refractivity contribution in [3.05, 3.63) is 11.8 Å². The number of nitrogens with one attached hydrogen (secondary N) is 1. The molecule has 2 atom stereocenters. The van der Waals surface area contributed by atoms with Crippen molar-refractivity contribution in [1.82, 2.24) is 9.97 Å². The molecule has 17 heavy (non-hydrogen) atoms. The first kappa shape index (κ1) is 12.5. The monoisotopic (exact) mass is 252 g/mol. The van der Waals surface area contributed by atoms with Crippen molar-refractivity contribution in [2.45, 2.75) is 43.9 Å². The molecule has 0 bridgehead atoms. The maximum absolute atomic E-state index is 5.65. The molecule has 0 radical (unpaired) electrons. The van der Waals surface area contributed by atoms with Gasteiger partial charge >= 0.3 is 0 Å². The van der Waals surface area contributed by atoms with Gasteiger partial charge in [-0.05, 0) is 32.4 Å². The molecular formula is C12H20N4S. The van der Waals surface area contributed by atoms with Crippen LogP contribution in [0.25, 0.3) is 0 Å². The average molecular weight is 252 g/mol. The lowest BCUT2D eigenvalue weighted by atomic mass is 9.95. The van der Waals surface area contributed by atoms with Crippen LogP contribution in [-0.2, 0) is 0 Å². The maximum atomic E-state index is 5.65. The molecule has 94 valence electrons. The lowest BCUT2D eigenvalue weighted by Gasteiger charge is -2.29. The topological polar surface area (TPSA) is 63.8 Å². The number of hydrogen-bond acceptors (Lipinski definition) is 5. The van der Waals surface area contributed by atoms with Crippen molar-refractivity contribution in [3.63, 3.8) is 0 Å². The molecule has 0 amide bonds. The summed E-state index contributed by atoms with van der Waals surface area (Å²) in [6.07, 6.45) is 7.26. The fraction of sp³-hybridized carbons (Fsp3) is 0.667. The van der Waals surface area contributed by atoms with Gasteiger partial charge in [0.05, 0.1) is 0 Å². The Kier molecular flexibility index (Phi) is 4.10. The Morgan fingerprint density at radius 3 is 2.94 bits per heavy atom. The standard InChI is InChI=1S/C12H20N4S/c1-8-6-11(16-12(13)14-8)15-9-4-3-5-10(7-9)17-2/h6,9-10H,3-5,7H2,1-2H3,(H3,13,14,15,16). The molecule has 1 saturated carbocycles. The lowest BCUT2D eigenvalue weighted by molar-refractivity contribution is 0.473. The van der Waals surface area contributed by atoms with Gasteiger partial charge in [0.25, 0.3) is 0 Å². The molecule has 1 heterocycles. The summed E-state index contributed by atoms with van der Waals surface area (Å²) in [5, 5.41) is 4.26. The minimum Gasteiger partial charge on any atom is -0.368 e. The van der Waals surface area contributed by atoms with Crippen LogP contribution in [0.4, 0.5) is 11.8 Å². The van der Waals surface area contributed by atoms with Gasteiger partial charge in [0.2, 0.25) is 5.95 Å². The van der Waals surface area contributed by atoms with Crippen LogP contribution in [0.3, 0.4) is 0 Å². The molecule has 1 fully saturated rings. The first-order valence-corrected chi connectivity index (χ1v) is 7.36. The molecule has 3 N–H and O–H groups in total. The molecule has 0 spiro atoms. The van der Waals surface area contributed by atoms with Crippen molar-refractivity contribution in [2.75, 3.05) is 17.3 Å². The zero-order valence-corrected chi connectivity index (χ0v) is 11.3. The number of rotatable bonds is 3.